The maximum absolute atomic E-state index is 13.0. The van der Waals surface area contributed by atoms with Crippen molar-refractivity contribution in [2.24, 2.45) is 10.4 Å². The topological polar surface area (TPSA) is 106 Å². The lowest BCUT2D eigenvalue weighted by Gasteiger charge is -2.26. The third kappa shape index (κ3) is 18.2. The van der Waals surface area contributed by atoms with E-state index in [4.69, 9.17) is 9.47 Å². The fraction of sp³-hybridized carbons (Fsp3) is 0.846. The second kappa shape index (κ2) is 20.9. The molecule has 0 unspecified atom stereocenters. The van der Waals surface area contributed by atoms with Crippen LogP contribution in [0.2, 0.25) is 0 Å². The Morgan fingerprint density at radius 2 is 1.44 bits per heavy atom. The summed E-state index contributed by atoms with van der Waals surface area (Å²) in [7, 11) is 0. The zero-order valence-electron chi connectivity index (χ0n) is 23.4. The maximum Gasteiger partial charge on any atom is 0.255 e. The standard InChI is InChI=1S/C26H49N3O5S2/c1-8-9-14-33-16-17-34-15-13-28-25(32)26(6,7)22(29-24(31)19-36-21(4)5)11-10-12-27-23(30)18-35-20(2)3/h20-21H,8-19H2,1-7H3,(H,27,30)(H,28,32). The van der Waals surface area contributed by atoms with E-state index < -0.39 is 5.41 Å². The number of nitrogens with zero attached hydrogens (tertiary/aromatic N) is 1. The van der Waals surface area contributed by atoms with Gasteiger partial charge >= 0.3 is 0 Å². The van der Waals surface area contributed by atoms with Crippen LogP contribution >= 0.6 is 23.5 Å². The molecule has 0 aromatic heterocycles. The van der Waals surface area contributed by atoms with Crippen molar-refractivity contribution in [3.63, 3.8) is 0 Å². The van der Waals surface area contributed by atoms with E-state index in [0.717, 1.165) is 19.4 Å². The van der Waals surface area contributed by atoms with Gasteiger partial charge in [0.15, 0.2) is 0 Å². The van der Waals surface area contributed by atoms with E-state index in [0.29, 0.717) is 67.7 Å². The molecule has 0 aliphatic rings. The van der Waals surface area contributed by atoms with Crippen molar-refractivity contribution in [1.82, 2.24) is 10.6 Å². The zero-order valence-corrected chi connectivity index (χ0v) is 25.1. The van der Waals surface area contributed by atoms with Gasteiger partial charge in [-0.3, -0.25) is 14.4 Å². The molecule has 0 aliphatic carbocycles. The molecule has 0 atom stereocenters. The molecule has 0 aromatic rings. The summed E-state index contributed by atoms with van der Waals surface area (Å²) in [4.78, 5) is 41.8. The molecule has 0 aliphatic heterocycles. The van der Waals surface area contributed by atoms with Gasteiger partial charge in [-0.2, -0.15) is 0 Å². The van der Waals surface area contributed by atoms with Crippen LogP contribution in [0.4, 0.5) is 0 Å². The van der Waals surface area contributed by atoms with E-state index in [1.54, 1.807) is 25.6 Å². The van der Waals surface area contributed by atoms with E-state index in [1.807, 2.05) is 13.8 Å². The summed E-state index contributed by atoms with van der Waals surface area (Å²) in [5.74, 6) is 0.240. The number of carbonyl (C=O) groups is 3. The first kappa shape index (κ1) is 34.9. The molecule has 0 spiro atoms. The van der Waals surface area contributed by atoms with E-state index in [9.17, 15) is 14.4 Å². The number of unbranched alkanes of at least 4 members (excludes halogenated alkanes) is 1. The van der Waals surface area contributed by atoms with Crippen molar-refractivity contribution >= 4 is 47.0 Å². The Balaban J connectivity index is 4.81. The Bertz CT molecular complexity index is 670. The fourth-order valence-corrected chi connectivity index (χ4v) is 3.99. The molecule has 10 heteroatoms. The van der Waals surface area contributed by atoms with E-state index in [1.165, 1.54) is 11.8 Å². The number of hydrogen-bond acceptors (Lipinski definition) is 7. The Morgan fingerprint density at radius 3 is 2.06 bits per heavy atom. The largest absolute Gasteiger partial charge is 0.379 e. The van der Waals surface area contributed by atoms with Crippen molar-refractivity contribution < 1.29 is 23.9 Å². The summed E-state index contributed by atoms with van der Waals surface area (Å²) in [6, 6.07) is 0. The van der Waals surface area contributed by atoms with Crippen LogP contribution in [0, 0.1) is 5.41 Å². The molecular formula is C26H49N3O5S2. The van der Waals surface area contributed by atoms with Gasteiger partial charge in [0, 0.05) is 25.4 Å². The number of hydrogen-bond donors (Lipinski definition) is 2. The summed E-state index contributed by atoms with van der Waals surface area (Å²) in [6.45, 7) is 16.8. The fourth-order valence-electron chi connectivity index (χ4n) is 2.86. The highest BCUT2D eigenvalue weighted by Gasteiger charge is 2.33. The van der Waals surface area contributed by atoms with E-state index in [2.05, 4.69) is 36.4 Å². The molecule has 0 saturated carbocycles. The Kier molecular flexibility index (Phi) is 20.3. The third-order valence-electron chi connectivity index (χ3n) is 5.10. The molecule has 0 saturated heterocycles. The summed E-state index contributed by atoms with van der Waals surface area (Å²) in [5, 5.41) is 6.52. The van der Waals surface area contributed by atoms with Gasteiger partial charge in [-0.15, -0.1) is 23.5 Å². The zero-order chi connectivity index (χ0) is 27.4. The SMILES string of the molecule is CCCCOCCOCCNC(=O)C(C)(C)C(CCCNC(=O)CSC(C)C)=NC(=O)CSC(C)C. The van der Waals surface area contributed by atoms with Gasteiger partial charge in [0.1, 0.15) is 0 Å². The quantitative estimate of drug-likeness (QED) is 0.165. The van der Waals surface area contributed by atoms with Crippen molar-refractivity contribution in [1.29, 1.82) is 0 Å². The molecule has 0 radical (unpaired) electrons. The summed E-state index contributed by atoms with van der Waals surface area (Å²) in [6.07, 6.45) is 3.18. The number of thioether (sulfide) groups is 2. The van der Waals surface area contributed by atoms with Gasteiger partial charge < -0.3 is 20.1 Å². The molecule has 210 valence electrons. The monoisotopic (exact) mass is 547 g/mol. The predicted octanol–water partition coefficient (Wildman–Crippen LogP) is 4.11. The van der Waals surface area contributed by atoms with Crippen LogP contribution in [0.15, 0.2) is 4.99 Å². The van der Waals surface area contributed by atoms with Crippen molar-refractivity contribution in [2.75, 3.05) is 51.0 Å². The summed E-state index contributed by atoms with van der Waals surface area (Å²) in [5.41, 5.74) is -0.427. The number of nitrogens with one attached hydrogen (secondary N) is 2. The second-order valence-electron chi connectivity index (χ2n) is 9.58. The average molecular weight is 548 g/mol. The highest BCUT2D eigenvalue weighted by atomic mass is 32.2. The first-order valence-corrected chi connectivity index (χ1v) is 15.1. The van der Waals surface area contributed by atoms with Crippen LogP contribution in [0.1, 0.15) is 74.1 Å². The summed E-state index contributed by atoms with van der Waals surface area (Å²) < 4.78 is 11.0. The normalized spacial score (nSPS) is 12.3. The van der Waals surface area contributed by atoms with Gasteiger partial charge in [0.05, 0.1) is 36.7 Å². The number of rotatable bonds is 21. The minimum Gasteiger partial charge on any atom is -0.379 e. The van der Waals surface area contributed by atoms with Gasteiger partial charge in [-0.05, 0) is 43.6 Å². The van der Waals surface area contributed by atoms with Crippen LogP contribution in [-0.2, 0) is 23.9 Å². The minimum absolute atomic E-state index is 0.00985. The van der Waals surface area contributed by atoms with Gasteiger partial charge in [-0.25, -0.2) is 4.99 Å². The number of amides is 3. The van der Waals surface area contributed by atoms with E-state index >= 15 is 0 Å². The molecule has 0 bridgehead atoms. The van der Waals surface area contributed by atoms with Crippen LogP contribution in [0.5, 0.6) is 0 Å². The highest BCUT2D eigenvalue weighted by Crippen LogP contribution is 2.22. The number of carbonyl (C=O) groups excluding carboxylic acids is 3. The molecular weight excluding hydrogens is 498 g/mol. The van der Waals surface area contributed by atoms with Crippen LogP contribution in [0.3, 0.4) is 0 Å². The number of aliphatic imine (C=N–C) groups is 1. The van der Waals surface area contributed by atoms with Crippen molar-refractivity contribution in [3.8, 4) is 0 Å². The second-order valence-corrected chi connectivity index (χ2v) is 12.7. The minimum atomic E-state index is -0.959. The lowest BCUT2D eigenvalue weighted by molar-refractivity contribution is -0.126. The van der Waals surface area contributed by atoms with E-state index in [-0.39, 0.29) is 23.5 Å². The number of ether oxygens (including phenoxy) is 2. The smallest absolute Gasteiger partial charge is 0.255 e. The molecule has 0 fully saturated rings. The molecule has 0 rings (SSSR count). The first-order chi connectivity index (χ1) is 17.0. The van der Waals surface area contributed by atoms with Gasteiger partial charge in [0.25, 0.3) is 5.91 Å². The highest BCUT2D eigenvalue weighted by molar-refractivity contribution is 8.00. The summed E-state index contributed by atoms with van der Waals surface area (Å²) >= 11 is 3.12. The lowest BCUT2D eigenvalue weighted by Crippen LogP contribution is -2.44. The molecule has 0 aromatic carbocycles. The van der Waals surface area contributed by atoms with Crippen LogP contribution < -0.4 is 10.6 Å². The average Bonchev–Trinajstić information content (AvgIpc) is 2.81. The molecule has 36 heavy (non-hydrogen) atoms. The van der Waals surface area contributed by atoms with Crippen molar-refractivity contribution in [3.05, 3.63) is 0 Å². The molecule has 0 heterocycles. The molecule has 8 nitrogen and oxygen atoms in total. The van der Waals surface area contributed by atoms with Gasteiger partial charge in [0.2, 0.25) is 11.8 Å². The predicted molar refractivity (Wildman–Crippen MR) is 153 cm³/mol. The van der Waals surface area contributed by atoms with Crippen LogP contribution in [-0.4, -0.2) is 85.0 Å². The third-order valence-corrected chi connectivity index (χ3v) is 7.27. The molecule has 2 N–H and O–H groups in total. The first-order valence-electron chi connectivity index (χ1n) is 13.0. The maximum atomic E-state index is 13.0. The van der Waals surface area contributed by atoms with Crippen LogP contribution in [0.25, 0.3) is 0 Å². The van der Waals surface area contributed by atoms with Crippen molar-refractivity contribution in [2.45, 2.75) is 84.6 Å². The Morgan fingerprint density at radius 1 is 0.833 bits per heavy atom. The van der Waals surface area contributed by atoms with Gasteiger partial charge in [-0.1, -0.05) is 41.0 Å². The molecule has 3 amide bonds. The lowest BCUT2D eigenvalue weighted by atomic mass is 9.83. The Hall–Kier alpha value is -1.10. The Labute approximate surface area is 227 Å².